The number of phenols is 1. The van der Waals surface area contributed by atoms with Gasteiger partial charge in [-0.3, -0.25) is 24.0 Å². The second-order valence-corrected chi connectivity index (χ2v) is 9.53. The third-order valence-corrected chi connectivity index (χ3v) is 6.00. The van der Waals surface area contributed by atoms with E-state index in [4.69, 9.17) is 40.0 Å². The monoisotopic (exact) mass is 592 g/mol. The molecule has 1 saturated heterocycles. The highest BCUT2D eigenvalue weighted by Crippen LogP contribution is 2.33. The zero-order chi connectivity index (χ0) is 30.3. The highest BCUT2D eigenvalue weighted by molar-refractivity contribution is 6.30. The van der Waals surface area contributed by atoms with Gasteiger partial charge in [0, 0.05) is 45.2 Å². The molecule has 220 valence electrons. The SMILES string of the molecule is CC(=O)OCC1O[C@@H](Oc2ccc(C(=O)Cc3ccc(Cl)cc3)c(O)c2)C(OC(C)=O)C(OC(C)=O)[C@@H]1OC(C)=O. The van der Waals surface area contributed by atoms with Crippen LogP contribution in [-0.4, -0.2) is 72.1 Å². The first-order valence-electron chi connectivity index (χ1n) is 12.4. The van der Waals surface area contributed by atoms with Gasteiger partial charge in [-0.2, -0.15) is 0 Å². The fourth-order valence-electron chi connectivity index (χ4n) is 4.12. The molecule has 0 amide bonds. The number of ketones is 1. The average molecular weight is 593 g/mol. The van der Waals surface area contributed by atoms with Crippen molar-refractivity contribution in [3.05, 3.63) is 58.6 Å². The molecule has 0 bridgehead atoms. The van der Waals surface area contributed by atoms with Gasteiger partial charge in [-0.15, -0.1) is 0 Å². The summed E-state index contributed by atoms with van der Waals surface area (Å²) in [5.74, 6) is -3.80. The first-order chi connectivity index (χ1) is 19.3. The van der Waals surface area contributed by atoms with Crippen LogP contribution in [0, 0.1) is 0 Å². The van der Waals surface area contributed by atoms with E-state index in [9.17, 15) is 29.1 Å². The van der Waals surface area contributed by atoms with Gasteiger partial charge in [0.2, 0.25) is 12.4 Å². The standard InChI is InChI=1S/C28H29ClO12/c1-14(30)36-13-24-25(37-15(2)31)26(38-16(3)32)27(39-17(4)33)28(41-24)40-20-9-10-21(23(35)12-20)22(34)11-18-5-7-19(29)8-6-18/h5-10,12,24-28,35H,11,13H2,1-4H3/t24?,25-,26?,27?,28-/m1/s1. The largest absolute Gasteiger partial charge is 0.507 e. The molecule has 13 heteroatoms. The summed E-state index contributed by atoms with van der Waals surface area (Å²) in [5.41, 5.74) is 0.713. The summed E-state index contributed by atoms with van der Waals surface area (Å²) >= 11 is 5.89. The number of esters is 4. The molecule has 0 aromatic heterocycles. The van der Waals surface area contributed by atoms with Crippen LogP contribution in [-0.2, 0) is 49.3 Å². The van der Waals surface area contributed by atoms with Crippen molar-refractivity contribution >= 4 is 41.3 Å². The maximum atomic E-state index is 12.8. The predicted molar refractivity (Wildman–Crippen MR) is 140 cm³/mol. The van der Waals surface area contributed by atoms with Crippen molar-refractivity contribution < 1.29 is 57.5 Å². The van der Waals surface area contributed by atoms with E-state index < -0.39 is 66.9 Å². The molecule has 3 rings (SSSR count). The van der Waals surface area contributed by atoms with Crippen LogP contribution in [0.4, 0.5) is 0 Å². The molecule has 0 radical (unpaired) electrons. The Morgan fingerprint density at radius 3 is 1.95 bits per heavy atom. The first-order valence-corrected chi connectivity index (χ1v) is 12.8. The summed E-state index contributed by atoms with van der Waals surface area (Å²) in [6.45, 7) is 4.03. The number of ether oxygens (including phenoxy) is 6. The molecule has 1 fully saturated rings. The van der Waals surface area contributed by atoms with E-state index in [2.05, 4.69) is 0 Å². The van der Waals surface area contributed by atoms with E-state index in [0.29, 0.717) is 10.6 Å². The number of aromatic hydroxyl groups is 1. The van der Waals surface area contributed by atoms with Crippen LogP contribution in [0.15, 0.2) is 42.5 Å². The van der Waals surface area contributed by atoms with Crippen molar-refractivity contribution in [3.8, 4) is 11.5 Å². The predicted octanol–water partition coefficient (Wildman–Crippen LogP) is 2.93. The van der Waals surface area contributed by atoms with Crippen LogP contribution >= 0.6 is 11.6 Å². The third-order valence-electron chi connectivity index (χ3n) is 5.75. The van der Waals surface area contributed by atoms with Crippen molar-refractivity contribution in [3.63, 3.8) is 0 Å². The van der Waals surface area contributed by atoms with Crippen molar-refractivity contribution in [2.45, 2.75) is 64.8 Å². The van der Waals surface area contributed by atoms with Crippen LogP contribution in [0.25, 0.3) is 0 Å². The zero-order valence-corrected chi connectivity index (χ0v) is 23.4. The third kappa shape index (κ3) is 8.92. The van der Waals surface area contributed by atoms with Gasteiger partial charge in [-0.1, -0.05) is 23.7 Å². The molecule has 5 atom stereocenters. The Morgan fingerprint density at radius 2 is 1.39 bits per heavy atom. The first kappa shape index (κ1) is 31.4. The van der Waals surface area contributed by atoms with Gasteiger partial charge >= 0.3 is 23.9 Å². The molecule has 41 heavy (non-hydrogen) atoms. The van der Waals surface area contributed by atoms with Gasteiger partial charge in [-0.25, -0.2) is 0 Å². The van der Waals surface area contributed by atoms with Gasteiger partial charge in [0.15, 0.2) is 18.0 Å². The molecule has 0 spiro atoms. The minimum absolute atomic E-state index is 0.00459. The number of Topliss-reactive ketones (excluding diaryl/α,β-unsaturated/α-hetero) is 1. The maximum absolute atomic E-state index is 12.8. The Balaban J connectivity index is 1.90. The molecular weight excluding hydrogens is 564 g/mol. The number of hydrogen-bond donors (Lipinski definition) is 1. The van der Waals surface area contributed by atoms with Crippen LogP contribution < -0.4 is 4.74 Å². The minimum atomic E-state index is -1.49. The normalized spacial score (nSPS) is 21.7. The minimum Gasteiger partial charge on any atom is -0.507 e. The lowest BCUT2D eigenvalue weighted by atomic mass is 9.98. The second kappa shape index (κ2) is 14.0. The summed E-state index contributed by atoms with van der Waals surface area (Å²) in [5, 5.41) is 11.1. The molecule has 1 aliphatic rings. The van der Waals surface area contributed by atoms with E-state index in [0.717, 1.165) is 33.8 Å². The molecule has 1 heterocycles. The lowest BCUT2D eigenvalue weighted by molar-refractivity contribution is -0.288. The topological polar surface area (TPSA) is 161 Å². The molecule has 0 saturated carbocycles. The zero-order valence-electron chi connectivity index (χ0n) is 22.7. The van der Waals surface area contributed by atoms with Gasteiger partial charge in [0.25, 0.3) is 0 Å². The molecule has 2 aromatic rings. The lowest BCUT2D eigenvalue weighted by Crippen LogP contribution is -2.63. The highest BCUT2D eigenvalue weighted by Gasteiger charge is 2.53. The maximum Gasteiger partial charge on any atom is 0.303 e. The van der Waals surface area contributed by atoms with Crippen molar-refractivity contribution in [2.24, 2.45) is 0 Å². The average Bonchev–Trinajstić information content (AvgIpc) is 2.87. The molecule has 1 N–H and O–H groups in total. The van der Waals surface area contributed by atoms with Crippen molar-refractivity contribution in [1.82, 2.24) is 0 Å². The van der Waals surface area contributed by atoms with Gasteiger partial charge in [-0.05, 0) is 29.8 Å². The van der Waals surface area contributed by atoms with E-state index in [-0.39, 0.29) is 23.5 Å². The smallest absolute Gasteiger partial charge is 0.303 e. The number of rotatable bonds is 10. The van der Waals surface area contributed by atoms with E-state index in [1.807, 2.05) is 0 Å². The van der Waals surface area contributed by atoms with Crippen LogP contribution in [0.1, 0.15) is 43.6 Å². The summed E-state index contributed by atoms with van der Waals surface area (Å²) in [6.07, 6.45) is -6.93. The van der Waals surface area contributed by atoms with Gasteiger partial charge in [0.05, 0.1) is 5.56 Å². The molecule has 2 aromatic carbocycles. The van der Waals surface area contributed by atoms with Crippen molar-refractivity contribution in [1.29, 1.82) is 0 Å². The highest BCUT2D eigenvalue weighted by atomic mass is 35.5. The van der Waals surface area contributed by atoms with E-state index in [1.165, 1.54) is 12.1 Å². The molecule has 1 aliphatic heterocycles. The Bertz CT molecular complexity index is 1290. The van der Waals surface area contributed by atoms with Crippen LogP contribution in [0.5, 0.6) is 11.5 Å². The molecule has 3 unspecified atom stereocenters. The van der Waals surface area contributed by atoms with Gasteiger partial charge < -0.3 is 33.5 Å². The van der Waals surface area contributed by atoms with Crippen molar-refractivity contribution in [2.75, 3.05) is 6.61 Å². The van der Waals surface area contributed by atoms with Gasteiger partial charge in [0.1, 0.15) is 24.2 Å². The number of phenolic OH excluding ortho intramolecular Hbond substituents is 1. The molecule has 12 nitrogen and oxygen atoms in total. The number of carbonyl (C=O) groups excluding carboxylic acids is 5. The Kier molecular flexibility index (Phi) is 10.7. The Morgan fingerprint density at radius 1 is 0.805 bits per heavy atom. The Labute approximate surface area is 240 Å². The number of hydrogen-bond acceptors (Lipinski definition) is 12. The second-order valence-electron chi connectivity index (χ2n) is 9.09. The quantitative estimate of drug-likeness (QED) is 0.244. The van der Waals surface area contributed by atoms with E-state index >= 15 is 0 Å². The summed E-state index contributed by atoms with van der Waals surface area (Å²) in [4.78, 5) is 60.1. The number of halogens is 1. The summed E-state index contributed by atoms with van der Waals surface area (Å²) in [6, 6.07) is 10.6. The lowest BCUT2D eigenvalue weighted by Gasteiger charge is -2.43. The van der Waals surface area contributed by atoms with E-state index in [1.54, 1.807) is 24.3 Å². The molecule has 0 aliphatic carbocycles. The number of benzene rings is 2. The molecular formula is C28H29ClO12. The summed E-state index contributed by atoms with van der Waals surface area (Å²) < 4.78 is 32.8. The van der Waals surface area contributed by atoms with Crippen LogP contribution in [0.3, 0.4) is 0 Å². The Hall–Kier alpha value is -4.16. The fourth-order valence-corrected chi connectivity index (χ4v) is 4.25. The number of carbonyl (C=O) groups is 5. The fraction of sp³-hybridized carbons (Fsp3) is 0.393. The summed E-state index contributed by atoms with van der Waals surface area (Å²) in [7, 11) is 0. The van der Waals surface area contributed by atoms with Crippen LogP contribution in [0.2, 0.25) is 5.02 Å².